The van der Waals surface area contributed by atoms with Gasteiger partial charge >= 0.3 is 0 Å². The highest BCUT2D eigenvalue weighted by molar-refractivity contribution is 8.17. The molecular weight excluding hydrogens is 286 g/mol. The second-order valence-corrected chi connectivity index (χ2v) is 6.76. The van der Waals surface area contributed by atoms with Gasteiger partial charge in [0.05, 0.1) is 0 Å². The quantitative estimate of drug-likeness (QED) is 0.611. The lowest BCUT2D eigenvalue weighted by Gasteiger charge is -2.23. The lowest BCUT2D eigenvalue weighted by molar-refractivity contribution is 0.491. The van der Waals surface area contributed by atoms with Crippen LogP contribution in [0.4, 0.5) is 8.78 Å². The Labute approximate surface area is 125 Å². The van der Waals surface area contributed by atoms with E-state index in [1.54, 1.807) is 12.1 Å². The van der Waals surface area contributed by atoms with E-state index in [0.29, 0.717) is 4.90 Å². The van der Waals surface area contributed by atoms with Crippen molar-refractivity contribution in [1.29, 1.82) is 0 Å². The van der Waals surface area contributed by atoms with Gasteiger partial charge < -0.3 is 0 Å². The first-order valence-electron chi connectivity index (χ1n) is 6.61. The molecule has 21 heavy (non-hydrogen) atoms. The van der Waals surface area contributed by atoms with E-state index >= 15 is 0 Å². The second kappa shape index (κ2) is 6.10. The zero-order valence-electron chi connectivity index (χ0n) is 11.2. The molecule has 0 radical (unpaired) electrons. The highest BCUT2D eigenvalue weighted by Crippen LogP contribution is 2.52. The van der Waals surface area contributed by atoms with Gasteiger partial charge in [-0.3, -0.25) is 0 Å². The Bertz CT molecular complexity index is 687. The van der Waals surface area contributed by atoms with E-state index in [1.807, 2.05) is 60.7 Å². The summed E-state index contributed by atoms with van der Waals surface area (Å²) >= 11 is 0. The van der Waals surface area contributed by atoms with Gasteiger partial charge in [-0.05, 0) is 46.2 Å². The standard InChI is InChI=1S/C18H14F2S/c19-16-12-7-13-17(18(16)20)21(14-8-3-1-4-9-14)15-10-5-2-6-11-15/h1-13,21H. The summed E-state index contributed by atoms with van der Waals surface area (Å²) in [4.78, 5) is 2.42. The van der Waals surface area contributed by atoms with E-state index in [1.165, 1.54) is 0 Å². The van der Waals surface area contributed by atoms with Crippen molar-refractivity contribution in [2.45, 2.75) is 14.7 Å². The van der Waals surface area contributed by atoms with Gasteiger partial charge in [0.25, 0.3) is 0 Å². The molecule has 106 valence electrons. The summed E-state index contributed by atoms with van der Waals surface area (Å²) in [6, 6.07) is 23.8. The van der Waals surface area contributed by atoms with Crippen LogP contribution >= 0.6 is 10.9 Å². The van der Waals surface area contributed by atoms with Crippen molar-refractivity contribution in [3.63, 3.8) is 0 Å². The van der Waals surface area contributed by atoms with Crippen molar-refractivity contribution in [3.05, 3.63) is 90.5 Å². The molecule has 3 aromatic carbocycles. The first-order valence-corrected chi connectivity index (χ1v) is 7.96. The molecule has 0 atom stereocenters. The average molecular weight is 300 g/mol. The Balaban J connectivity index is 2.20. The first-order chi connectivity index (χ1) is 10.3. The van der Waals surface area contributed by atoms with Crippen molar-refractivity contribution >= 4 is 10.9 Å². The van der Waals surface area contributed by atoms with Crippen LogP contribution in [0.15, 0.2) is 93.5 Å². The maximum Gasteiger partial charge on any atom is 0.171 e. The molecule has 0 amide bonds. The van der Waals surface area contributed by atoms with Crippen LogP contribution in [0.2, 0.25) is 0 Å². The van der Waals surface area contributed by atoms with Crippen molar-refractivity contribution < 1.29 is 8.78 Å². The molecule has 0 heterocycles. The molecule has 0 aliphatic carbocycles. The van der Waals surface area contributed by atoms with E-state index in [2.05, 4.69) is 0 Å². The zero-order chi connectivity index (χ0) is 14.7. The average Bonchev–Trinajstić information content (AvgIpc) is 2.54. The third-order valence-corrected chi connectivity index (χ3v) is 5.66. The van der Waals surface area contributed by atoms with Crippen molar-refractivity contribution in [2.75, 3.05) is 0 Å². The van der Waals surface area contributed by atoms with Crippen LogP contribution < -0.4 is 0 Å². The molecule has 0 unspecified atom stereocenters. The number of rotatable bonds is 3. The number of hydrogen-bond donors (Lipinski definition) is 1. The molecule has 0 nitrogen and oxygen atoms in total. The molecule has 0 N–H and O–H groups in total. The topological polar surface area (TPSA) is 0 Å². The summed E-state index contributed by atoms with van der Waals surface area (Å²) in [5.41, 5.74) is 0. The Kier molecular flexibility index (Phi) is 4.02. The first kappa shape index (κ1) is 13.8. The van der Waals surface area contributed by atoms with Gasteiger partial charge in [-0.15, -0.1) is 0 Å². The monoisotopic (exact) mass is 300 g/mol. The van der Waals surface area contributed by atoms with Crippen molar-refractivity contribution in [1.82, 2.24) is 0 Å². The molecule has 0 fully saturated rings. The fraction of sp³-hybridized carbons (Fsp3) is 0. The maximum atomic E-state index is 14.3. The SMILES string of the molecule is Fc1cccc([SH](c2ccccc2)c2ccccc2)c1F. The molecule has 0 saturated heterocycles. The van der Waals surface area contributed by atoms with E-state index in [0.717, 1.165) is 15.9 Å². The van der Waals surface area contributed by atoms with Gasteiger partial charge in [-0.25, -0.2) is 8.78 Å². The molecule has 0 aliphatic heterocycles. The molecule has 0 saturated carbocycles. The molecular formula is C18H14F2S. The van der Waals surface area contributed by atoms with Crippen LogP contribution in [0.3, 0.4) is 0 Å². The molecule has 0 bridgehead atoms. The van der Waals surface area contributed by atoms with Crippen LogP contribution in [0.25, 0.3) is 0 Å². The van der Waals surface area contributed by atoms with Crippen LogP contribution in [-0.2, 0) is 0 Å². The highest BCUT2D eigenvalue weighted by Gasteiger charge is 2.18. The maximum absolute atomic E-state index is 14.3. The minimum absolute atomic E-state index is 0.419. The van der Waals surface area contributed by atoms with Gasteiger partial charge in [0.1, 0.15) is 0 Å². The smallest absolute Gasteiger partial charge is 0.171 e. The Morgan fingerprint density at radius 1 is 0.571 bits per heavy atom. The van der Waals surface area contributed by atoms with Crippen molar-refractivity contribution in [3.8, 4) is 0 Å². The third kappa shape index (κ3) is 2.83. The largest absolute Gasteiger partial charge is 0.204 e. The molecule has 0 spiro atoms. The van der Waals surface area contributed by atoms with Gasteiger partial charge in [-0.1, -0.05) is 42.5 Å². The number of hydrogen-bond acceptors (Lipinski definition) is 0. The third-order valence-electron chi connectivity index (χ3n) is 3.20. The molecule has 3 rings (SSSR count). The van der Waals surface area contributed by atoms with E-state index in [-0.39, 0.29) is 0 Å². The predicted molar refractivity (Wildman–Crippen MR) is 83.0 cm³/mol. The second-order valence-electron chi connectivity index (χ2n) is 4.58. The summed E-state index contributed by atoms with van der Waals surface area (Å²) in [5.74, 6) is -1.55. The Hall–Kier alpha value is -2.13. The molecule has 0 aliphatic rings. The van der Waals surface area contributed by atoms with E-state index in [9.17, 15) is 8.78 Å². The highest BCUT2D eigenvalue weighted by atomic mass is 32.2. The predicted octanol–water partition coefficient (Wildman–Crippen LogP) is 5.44. The van der Waals surface area contributed by atoms with E-state index in [4.69, 9.17) is 0 Å². The zero-order valence-corrected chi connectivity index (χ0v) is 12.1. The minimum Gasteiger partial charge on any atom is -0.204 e. The fourth-order valence-corrected chi connectivity index (χ4v) is 4.58. The van der Waals surface area contributed by atoms with Gasteiger partial charge in [0, 0.05) is 4.90 Å². The summed E-state index contributed by atoms with van der Waals surface area (Å²) < 4.78 is 27.9. The van der Waals surface area contributed by atoms with Crippen LogP contribution in [0.1, 0.15) is 0 Å². The van der Waals surface area contributed by atoms with Crippen LogP contribution in [0.5, 0.6) is 0 Å². The summed E-state index contributed by atoms with van der Waals surface area (Å²) in [7, 11) is -1.10. The number of benzene rings is 3. The molecule has 0 aromatic heterocycles. The van der Waals surface area contributed by atoms with Crippen LogP contribution in [-0.4, -0.2) is 0 Å². The number of thiol groups is 1. The van der Waals surface area contributed by atoms with E-state index < -0.39 is 22.5 Å². The Morgan fingerprint density at radius 3 is 1.62 bits per heavy atom. The molecule has 3 heteroatoms. The van der Waals surface area contributed by atoms with Gasteiger partial charge in [-0.2, -0.15) is 10.9 Å². The normalized spacial score (nSPS) is 11.2. The fourth-order valence-electron chi connectivity index (χ4n) is 2.25. The minimum atomic E-state index is -1.10. The number of halogens is 2. The lowest BCUT2D eigenvalue weighted by atomic mass is 10.3. The van der Waals surface area contributed by atoms with Gasteiger partial charge in [0.15, 0.2) is 11.6 Å². The Morgan fingerprint density at radius 2 is 1.10 bits per heavy atom. The summed E-state index contributed by atoms with van der Waals surface area (Å²) in [6.45, 7) is 0. The summed E-state index contributed by atoms with van der Waals surface area (Å²) in [5, 5.41) is 0. The van der Waals surface area contributed by atoms with Crippen molar-refractivity contribution in [2.24, 2.45) is 0 Å². The summed E-state index contributed by atoms with van der Waals surface area (Å²) in [6.07, 6.45) is 0. The van der Waals surface area contributed by atoms with Gasteiger partial charge in [0.2, 0.25) is 0 Å². The molecule has 3 aromatic rings. The lowest BCUT2D eigenvalue weighted by Crippen LogP contribution is -1.94. The van der Waals surface area contributed by atoms with Crippen LogP contribution in [0, 0.1) is 11.6 Å².